The van der Waals surface area contributed by atoms with Crippen LogP contribution < -0.4 is 4.74 Å². The third-order valence-corrected chi connectivity index (χ3v) is 6.31. The summed E-state index contributed by atoms with van der Waals surface area (Å²) in [6.45, 7) is 1.12. The fourth-order valence-corrected chi connectivity index (χ4v) is 4.40. The van der Waals surface area contributed by atoms with Crippen LogP contribution in [0.5, 0.6) is 5.75 Å². The van der Waals surface area contributed by atoms with Gasteiger partial charge in [-0.2, -0.15) is 0 Å². The molecule has 0 atom stereocenters. The first kappa shape index (κ1) is 18.0. The van der Waals surface area contributed by atoms with Crippen molar-refractivity contribution in [3.8, 4) is 11.4 Å². The van der Waals surface area contributed by atoms with E-state index in [2.05, 4.69) is 9.55 Å². The van der Waals surface area contributed by atoms with Gasteiger partial charge in [-0.15, -0.1) is 0 Å². The first-order chi connectivity index (χ1) is 12.9. The smallest absolute Gasteiger partial charge is 0.223 e. The van der Waals surface area contributed by atoms with Gasteiger partial charge < -0.3 is 14.2 Å². The van der Waals surface area contributed by atoms with E-state index in [9.17, 15) is 13.2 Å². The summed E-state index contributed by atoms with van der Waals surface area (Å²) in [4.78, 5) is 18.6. The van der Waals surface area contributed by atoms with E-state index in [0.717, 1.165) is 23.5 Å². The van der Waals surface area contributed by atoms with E-state index < -0.39 is 15.4 Å². The van der Waals surface area contributed by atoms with Crippen LogP contribution in [0, 0.1) is 0 Å². The van der Waals surface area contributed by atoms with E-state index in [-0.39, 0.29) is 18.1 Å². The second-order valence-electron chi connectivity index (χ2n) is 7.40. The minimum absolute atomic E-state index is 0.0416. The topological polar surface area (TPSA) is 81.5 Å². The van der Waals surface area contributed by atoms with Gasteiger partial charge in [-0.3, -0.25) is 4.79 Å². The lowest BCUT2D eigenvalue weighted by Gasteiger charge is -2.41. The zero-order valence-corrected chi connectivity index (χ0v) is 16.1. The molecule has 2 aromatic rings. The summed E-state index contributed by atoms with van der Waals surface area (Å²) >= 11 is 0. The number of aromatic nitrogens is 2. The number of ether oxygens (including phenoxy) is 1. The SMILES string of the molecule is CS(=O)(=O)CCC(=O)N1CCC2(CC1)Cc1nccn1-c1ccccc1O2. The van der Waals surface area contributed by atoms with E-state index in [1.807, 2.05) is 30.5 Å². The first-order valence-electron chi connectivity index (χ1n) is 9.11. The molecule has 4 rings (SSSR count). The monoisotopic (exact) mass is 389 g/mol. The number of sulfone groups is 1. The molecule has 1 aromatic carbocycles. The molecule has 3 heterocycles. The number of rotatable bonds is 3. The highest BCUT2D eigenvalue weighted by Crippen LogP contribution is 2.38. The number of hydrogen-bond donors (Lipinski definition) is 0. The Hall–Kier alpha value is -2.35. The van der Waals surface area contributed by atoms with Crippen LogP contribution in [0.3, 0.4) is 0 Å². The van der Waals surface area contributed by atoms with Gasteiger partial charge in [-0.1, -0.05) is 12.1 Å². The summed E-state index contributed by atoms with van der Waals surface area (Å²) in [5.74, 6) is 1.57. The maximum Gasteiger partial charge on any atom is 0.223 e. The lowest BCUT2D eigenvalue weighted by Crippen LogP contribution is -2.51. The van der Waals surface area contributed by atoms with Crippen molar-refractivity contribution < 1.29 is 17.9 Å². The van der Waals surface area contributed by atoms with Crippen molar-refractivity contribution in [2.45, 2.75) is 31.3 Å². The Bertz CT molecular complexity index is 959. The van der Waals surface area contributed by atoms with E-state index in [1.165, 1.54) is 0 Å². The quantitative estimate of drug-likeness (QED) is 0.797. The summed E-state index contributed by atoms with van der Waals surface area (Å²) in [5.41, 5.74) is 0.581. The molecule has 1 spiro atoms. The number of piperidine rings is 1. The number of carbonyl (C=O) groups excluding carboxylic acids is 1. The maximum absolute atomic E-state index is 12.3. The number of para-hydroxylation sites is 2. The summed E-state index contributed by atoms with van der Waals surface area (Å²) in [6, 6.07) is 7.92. The van der Waals surface area contributed by atoms with Crippen LogP contribution in [0.1, 0.15) is 25.1 Å². The largest absolute Gasteiger partial charge is 0.484 e. The van der Waals surface area contributed by atoms with Crippen molar-refractivity contribution in [2.75, 3.05) is 25.1 Å². The molecule has 1 saturated heterocycles. The second-order valence-corrected chi connectivity index (χ2v) is 9.66. The van der Waals surface area contributed by atoms with E-state index in [0.29, 0.717) is 32.4 Å². The van der Waals surface area contributed by atoms with Crippen LogP contribution in [0.25, 0.3) is 5.69 Å². The van der Waals surface area contributed by atoms with E-state index >= 15 is 0 Å². The first-order valence-corrected chi connectivity index (χ1v) is 11.2. The Balaban J connectivity index is 1.51. The molecule has 0 unspecified atom stereocenters. The number of benzene rings is 1. The van der Waals surface area contributed by atoms with E-state index in [4.69, 9.17) is 4.74 Å². The molecule has 1 amide bonds. The third kappa shape index (κ3) is 3.71. The molecule has 2 aliphatic rings. The number of likely N-dealkylation sites (tertiary alicyclic amines) is 1. The predicted molar refractivity (Wildman–Crippen MR) is 101 cm³/mol. The normalized spacial score (nSPS) is 18.3. The predicted octanol–water partition coefficient (Wildman–Crippen LogP) is 1.60. The average molecular weight is 389 g/mol. The molecule has 0 bridgehead atoms. The summed E-state index contributed by atoms with van der Waals surface area (Å²) in [5, 5.41) is 0. The molecular weight excluding hydrogens is 366 g/mol. The Morgan fingerprint density at radius 2 is 2.00 bits per heavy atom. The molecular formula is C19H23N3O4S. The van der Waals surface area contributed by atoms with Crippen molar-refractivity contribution in [1.29, 1.82) is 0 Å². The number of imidazole rings is 1. The van der Waals surface area contributed by atoms with Crippen molar-refractivity contribution >= 4 is 15.7 Å². The molecule has 1 fully saturated rings. The van der Waals surface area contributed by atoms with Gasteiger partial charge >= 0.3 is 0 Å². The molecule has 1 aromatic heterocycles. The third-order valence-electron chi connectivity index (χ3n) is 5.36. The summed E-state index contributed by atoms with van der Waals surface area (Å²) in [7, 11) is -3.13. The van der Waals surface area contributed by atoms with Crippen LogP contribution >= 0.6 is 0 Å². The van der Waals surface area contributed by atoms with Gasteiger partial charge in [0, 0.05) is 57.4 Å². The number of fused-ring (bicyclic) bond motifs is 3. The lowest BCUT2D eigenvalue weighted by atomic mass is 9.87. The van der Waals surface area contributed by atoms with Gasteiger partial charge in [0.05, 0.1) is 11.4 Å². The van der Waals surface area contributed by atoms with Crippen LogP contribution in [0.15, 0.2) is 36.7 Å². The Labute approximate surface area is 158 Å². The Morgan fingerprint density at radius 1 is 1.26 bits per heavy atom. The van der Waals surface area contributed by atoms with Crippen molar-refractivity contribution in [3.05, 3.63) is 42.5 Å². The molecule has 0 aliphatic carbocycles. The molecule has 2 aliphatic heterocycles. The molecule has 0 N–H and O–H groups in total. The van der Waals surface area contributed by atoms with Crippen LogP contribution in [-0.4, -0.2) is 59.5 Å². The van der Waals surface area contributed by atoms with Crippen molar-refractivity contribution in [2.24, 2.45) is 0 Å². The standard InChI is InChI=1S/C19H23N3O4S/c1-27(24,25)13-6-18(23)21-10-7-19(8-11-21)14-17-20-9-12-22(17)15-4-2-3-5-16(15)26-19/h2-5,9,12H,6-8,10-11,13-14H2,1H3. The second kappa shape index (κ2) is 6.67. The highest BCUT2D eigenvalue weighted by molar-refractivity contribution is 7.90. The zero-order valence-electron chi connectivity index (χ0n) is 15.3. The number of carbonyl (C=O) groups is 1. The minimum atomic E-state index is -3.13. The molecule has 144 valence electrons. The lowest BCUT2D eigenvalue weighted by molar-refractivity contribution is -0.134. The van der Waals surface area contributed by atoms with Crippen LogP contribution in [0.4, 0.5) is 0 Å². The van der Waals surface area contributed by atoms with Crippen LogP contribution in [-0.2, 0) is 21.1 Å². The van der Waals surface area contributed by atoms with Gasteiger partial charge in [0.2, 0.25) is 5.91 Å². The van der Waals surface area contributed by atoms with Gasteiger partial charge in [-0.05, 0) is 12.1 Å². The minimum Gasteiger partial charge on any atom is -0.484 e. The number of amides is 1. The highest BCUT2D eigenvalue weighted by atomic mass is 32.2. The van der Waals surface area contributed by atoms with Crippen molar-refractivity contribution in [3.63, 3.8) is 0 Å². The number of nitrogens with zero attached hydrogens (tertiary/aromatic N) is 3. The number of hydrogen-bond acceptors (Lipinski definition) is 5. The Kier molecular flexibility index (Phi) is 4.46. The molecule has 8 heteroatoms. The van der Waals surface area contributed by atoms with Gasteiger partial charge in [0.15, 0.2) is 0 Å². The average Bonchev–Trinajstić information content (AvgIpc) is 3.03. The van der Waals surface area contributed by atoms with E-state index in [1.54, 1.807) is 11.1 Å². The van der Waals surface area contributed by atoms with Gasteiger partial charge in [-0.25, -0.2) is 13.4 Å². The fourth-order valence-electron chi connectivity index (χ4n) is 3.86. The van der Waals surface area contributed by atoms with Gasteiger partial charge in [0.1, 0.15) is 27.0 Å². The van der Waals surface area contributed by atoms with Crippen molar-refractivity contribution in [1.82, 2.24) is 14.5 Å². The molecule has 7 nitrogen and oxygen atoms in total. The maximum atomic E-state index is 12.3. The summed E-state index contributed by atoms with van der Waals surface area (Å²) in [6.07, 6.45) is 7.01. The van der Waals surface area contributed by atoms with Crippen LogP contribution in [0.2, 0.25) is 0 Å². The zero-order chi connectivity index (χ0) is 19.1. The van der Waals surface area contributed by atoms with Gasteiger partial charge in [0.25, 0.3) is 0 Å². The summed E-state index contributed by atoms with van der Waals surface area (Å²) < 4.78 is 31.2. The molecule has 0 radical (unpaired) electrons. The molecule has 27 heavy (non-hydrogen) atoms. The Morgan fingerprint density at radius 3 is 2.74 bits per heavy atom. The molecule has 0 saturated carbocycles. The fraction of sp³-hybridized carbons (Fsp3) is 0.474. The highest BCUT2D eigenvalue weighted by Gasteiger charge is 2.41.